The summed E-state index contributed by atoms with van der Waals surface area (Å²) in [6.45, 7) is 4.91. The molecule has 0 bridgehead atoms. The zero-order chi connectivity index (χ0) is 17.8. The highest BCUT2D eigenvalue weighted by Gasteiger charge is 2.19. The first-order chi connectivity index (χ1) is 12.0. The minimum absolute atomic E-state index is 0.0102. The summed E-state index contributed by atoms with van der Waals surface area (Å²) < 4.78 is 5.71. The van der Waals surface area contributed by atoms with E-state index in [1.807, 2.05) is 54.9 Å². The summed E-state index contributed by atoms with van der Waals surface area (Å²) in [7, 11) is 1.80. The molecule has 0 aliphatic heterocycles. The SMILES string of the molecule is Cc1ccc(OCCN(C)C(=O)c2sc(-c3ccsc3)nc2C)cc1. The van der Waals surface area contributed by atoms with E-state index in [0.29, 0.717) is 18.0 Å². The molecule has 2 heterocycles. The summed E-state index contributed by atoms with van der Waals surface area (Å²) in [5, 5.41) is 4.96. The van der Waals surface area contributed by atoms with Gasteiger partial charge in [-0.3, -0.25) is 4.79 Å². The molecule has 25 heavy (non-hydrogen) atoms. The molecule has 0 fully saturated rings. The number of ether oxygens (including phenoxy) is 1. The number of rotatable bonds is 6. The summed E-state index contributed by atoms with van der Waals surface area (Å²) in [6.07, 6.45) is 0. The second-order valence-electron chi connectivity index (χ2n) is 5.83. The molecule has 4 nitrogen and oxygen atoms in total. The Morgan fingerprint density at radius 1 is 1.20 bits per heavy atom. The number of carbonyl (C=O) groups is 1. The van der Waals surface area contributed by atoms with Crippen LogP contribution < -0.4 is 4.74 Å². The number of benzene rings is 1. The molecule has 0 unspecified atom stereocenters. The number of hydrogen-bond acceptors (Lipinski definition) is 5. The molecule has 0 saturated carbocycles. The molecule has 130 valence electrons. The number of amides is 1. The van der Waals surface area contributed by atoms with Gasteiger partial charge in [-0.05, 0) is 37.4 Å². The van der Waals surface area contributed by atoms with E-state index >= 15 is 0 Å². The molecule has 0 spiro atoms. The number of thiophene rings is 1. The predicted molar refractivity (Wildman–Crippen MR) is 104 cm³/mol. The van der Waals surface area contributed by atoms with Crippen LogP contribution >= 0.6 is 22.7 Å². The van der Waals surface area contributed by atoms with Crippen LogP contribution in [-0.2, 0) is 0 Å². The molecule has 3 rings (SSSR count). The summed E-state index contributed by atoms with van der Waals surface area (Å²) in [5.74, 6) is 0.809. The normalized spacial score (nSPS) is 10.7. The zero-order valence-corrected chi connectivity index (χ0v) is 16.1. The lowest BCUT2D eigenvalue weighted by molar-refractivity contribution is 0.0777. The number of nitrogens with zero attached hydrogens (tertiary/aromatic N) is 2. The van der Waals surface area contributed by atoms with Gasteiger partial charge in [0.25, 0.3) is 5.91 Å². The van der Waals surface area contributed by atoms with Gasteiger partial charge in [-0.15, -0.1) is 11.3 Å². The van der Waals surface area contributed by atoms with Crippen molar-refractivity contribution >= 4 is 28.6 Å². The average molecular weight is 373 g/mol. The molecule has 0 atom stereocenters. The number of aryl methyl sites for hydroxylation is 2. The lowest BCUT2D eigenvalue weighted by atomic mass is 10.2. The summed E-state index contributed by atoms with van der Waals surface area (Å²) >= 11 is 3.08. The second-order valence-corrected chi connectivity index (χ2v) is 7.61. The average Bonchev–Trinajstić information content (AvgIpc) is 3.25. The molecule has 0 saturated heterocycles. The Labute approximate surface area is 155 Å². The molecule has 0 radical (unpaired) electrons. The first kappa shape index (κ1) is 17.6. The Hall–Kier alpha value is -2.18. The van der Waals surface area contributed by atoms with E-state index in [1.54, 1.807) is 23.3 Å². The topological polar surface area (TPSA) is 42.4 Å². The molecule has 6 heteroatoms. The van der Waals surface area contributed by atoms with Crippen LogP contribution in [-0.4, -0.2) is 36.0 Å². The van der Waals surface area contributed by atoms with Gasteiger partial charge >= 0.3 is 0 Å². The highest BCUT2D eigenvalue weighted by molar-refractivity contribution is 7.17. The van der Waals surface area contributed by atoms with E-state index in [2.05, 4.69) is 4.98 Å². The smallest absolute Gasteiger partial charge is 0.265 e. The molecular formula is C19H20N2O2S2. The quantitative estimate of drug-likeness (QED) is 0.633. The Morgan fingerprint density at radius 2 is 1.96 bits per heavy atom. The van der Waals surface area contributed by atoms with Gasteiger partial charge in [0, 0.05) is 18.0 Å². The number of carbonyl (C=O) groups excluding carboxylic acids is 1. The Balaban J connectivity index is 1.59. The lowest BCUT2D eigenvalue weighted by Crippen LogP contribution is -2.30. The van der Waals surface area contributed by atoms with Gasteiger partial charge in [-0.2, -0.15) is 11.3 Å². The molecular weight excluding hydrogens is 352 g/mol. The minimum Gasteiger partial charge on any atom is -0.492 e. The van der Waals surface area contributed by atoms with E-state index in [-0.39, 0.29) is 5.91 Å². The van der Waals surface area contributed by atoms with Crippen molar-refractivity contribution in [1.82, 2.24) is 9.88 Å². The van der Waals surface area contributed by atoms with Crippen LogP contribution in [0.15, 0.2) is 41.1 Å². The molecule has 3 aromatic rings. The number of thiazole rings is 1. The standard InChI is InChI=1S/C19H20N2O2S2/c1-13-4-6-16(7-5-13)23-10-9-21(3)19(22)17-14(2)20-18(25-17)15-8-11-24-12-15/h4-8,11-12H,9-10H2,1-3H3. The van der Waals surface area contributed by atoms with Gasteiger partial charge < -0.3 is 9.64 Å². The Morgan fingerprint density at radius 3 is 2.64 bits per heavy atom. The van der Waals surface area contributed by atoms with Gasteiger partial charge in [0.05, 0.1) is 12.2 Å². The summed E-state index contributed by atoms with van der Waals surface area (Å²) in [4.78, 5) is 19.6. The van der Waals surface area contributed by atoms with Crippen molar-refractivity contribution in [3.05, 3.63) is 57.2 Å². The Kier molecular flexibility index (Phi) is 5.50. The second kappa shape index (κ2) is 7.80. The third kappa shape index (κ3) is 4.27. The third-order valence-electron chi connectivity index (χ3n) is 3.82. The highest BCUT2D eigenvalue weighted by Crippen LogP contribution is 2.30. The largest absolute Gasteiger partial charge is 0.492 e. The van der Waals surface area contributed by atoms with Crippen molar-refractivity contribution in [1.29, 1.82) is 0 Å². The molecule has 2 aromatic heterocycles. The maximum atomic E-state index is 12.7. The van der Waals surface area contributed by atoms with Crippen LogP contribution in [0.25, 0.3) is 10.6 Å². The maximum Gasteiger partial charge on any atom is 0.265 e. The molecule has 0 aliphatic carbocycles. The molecule has 1 aromatic carbocycles. The molecule has 1 amide bonds. The Bertz CT molecular complexity index is 839. The van der Waals surface area contributed by atoms with Gasteiger partial charge in [0.1, 0.15) is 22.2 Å². The van der Waals surface area contributed by atoms with Crippen LogP contribution in [0.5, 0.6) is 5.75 Å². The van der Waals surface area contributed by atoms with Crippen molar-refractivity contribution in [2.24, 2.45) is 0 Å². The van der Waals surface area contributed by atoms with Crippen LogP contribution in [0.1, 0.15) is 20.9 Å². The maximum absolute atomic E-state index is 12.7. The third-order valence-corrected chi connectivity index (χ3v) is 5.70. The number of likely N-dealkylation sites (N-methyl/N-ethyl adjacent to an activating group) is 1. The van der Waals surface area contributed by atoms with E-state index in [1.165, 1.54) is 16.9 Å². The first-order valence-electron chi connectivity index (χ1n) is 7.99. The lowest BCUT2D eigenvalue weighted by Gasteiger charge is -2.17. The van der Waals surface area contributed by atoms with Crippen molar-refractivity contribution in [3.63, 3.8) is 0 Å². The summed E-state index contributed by atoms with van der Waals surface area (Å²) in [6, 6.07) is 9.93. The first-order valence-corrected chi connectivity index (χ1v) is 9.75. The fourth-order valence-electron chi connectivity index (χ4n) is 2.31. The molecule has 0 aliphatic rings. The van der Waals surface area contributed by atoms with Gasteiger partial charge in [-0.25, -0.2) is 4.98 Å². The molecule has 0 N–H and O–H groups in total. The minimum atomic E-state index is -0.0102. The van der Waals surface area contributed by atoms with Crippen LogP contribution in [0, 0.1) is 13.8 Å². The number of hydrogen-bond donors (Lipinski definition) is 0. The van der Waals surface area contributed by atoms with E-state index in [9.17, 15) is 4.79 Å². The van der Waals surface area contributed by atoms with Crippen molar-refractivity contribution in [2.45, 2.75) is 13.8 Å². The summed E-state index contributed by atoms with van der Waals surface area (Å²) in [5.41, 5.74) is 3.05. The van der Waals surface area contributed by atoms with Crippen LogP contribution in [0.3, 0.4) is 0 Å². The van der Waals surface area contributed by atoms with Gasteiger partial charge in [0.2, 0.25) is 0 Å². The van der Waals surface area contributed by atoms with E-state index in [0.717, 1.165) is 22.0 Å². The van der Waals surface area contributed by atoms with Gasteiger partial charge in [0.15, 0.2) is 0 Å². The van der Waals surface area contributed by atoms with Crippen molar-refractivity contribution in [3.8, 4) is 16.3 Å². The van der Waals surface area contributed by atoms with Gasteiger partial charge in [-0.1, -0.05) is 17.7 Å². The number of aromatic nitrogens is 1. The fourth-order valence-corrected chi connectivity index (χ4v) is 4.09. The predicted octanol–water partition coefficient (Wildman–Crippen LogP) is 4.64. The fraction of sp³-hybridized carbons (Fsp3) is 0.263. The highest BCUT2D eigenvalue weighted by atomic mass is 32.1. The monoisotopic (exact) mass is 372 g/mol. The van der Waals surface area contributed by atoms with E-state index < -0.39 is 0 Å². The zero-order valence-electron chi connectivity index (χ0n) is 14.5. The van der Waals surface area contributed by atoms with Crippen molar-refractivity contribution < 1.29 is 9.53 Å². The van der Waals surface area contributed by atoms with Crippen LogP contribution in [0.4, 0.5) is 0 Å². The van der Waals surface area contributed by atoms with E-state index in [4.69, 9.17) is 4.74 Å². The van der Waals surface area contributed by atoms with Crippen LogP contribution in [0.2, 0.25) is 0 Å². The van der Waals surface area contributed by atoms with Crippen molar-refractivity contribution in [2.75, 3.05) is 20.2 Å².